The van der Waals surface area contributed by atoms with Crippen LogP contribution in [0.25, 0.3) is 10.1 Å². The summed E-state index contributed by atoms with van der Waals surface area (Å²) in [5.74, 6) is 3.27. The smallest absolute Gasteiger partial charge is 0.308 e. The van der Waals surface area contributed by atoms with Crippen LogP contribution in [0.4, 0.5) is 0 Å². The van der Waals surface area contributed by atoms with Crippen molar-refractivity contribution in [3.63, 3.8) is 0 Å². The normalized spacial score (nSPS) is 18.5. The van der Waals surface area contributed by atoms with Crippen LogP contribution in [0.2, 0.25) is 0 Å². The molecule has 0 spiro atoms. The van der Waals surface area contributed by atoms with Crippen LogP contribution in [-0.2, 0) is 4.79 Å². The maximum absolute atomic E-state index is 11.4. The van der Waals surface area contributed by atoms with Gasteiger partial charge in [0.1, 0.15) is 29.6 Å². The first kappa shape index (κ1) is 23.9. The molecule has 2 aromatic carbocycles. The van der Waals surface area contributed by atoms with E-state index in [9.17, 15) is 4.79 Å². The van der Waals surface area contributed by atoms with E-state index in [4.69, 9.17) is 14.2 Å². The number of thiophene rings is 1. The number of carbonyl (C=O) groups is 1. The van der Waals surface area contributed by atoms with Crippen molar-refractivity contribution in [3.8, 4) is 23.0 Å². The zero-order valence-electron chi connectivity index (χ0n) is 20.3. The number of carbonyl (C=O) groups excluding carboxylic acids is 1. The van der Waals surface area contributed by atoms with Crippen molar-refractivity contribution in [1.29, 1.82) is 0 Å². The Bertz CT molecular complexity index is 1180. The van der Waals surface area contributed by atoms with E-state index in [2.05, 4.69) is 17.1 Å². The fourth-order valence-electron chi connectivity index (χ4n) is 4.90. The number of hydrogen-bond acceptors (Lipinski definition) is 6. The molecule has 0 saturated carbocycles. The average Bonchev–Trinajstić information content (AvgIpc) is 3.23. The highest BCUT2D eigenvalue weighted by Crippen LogP contribution is 2.48. The number of fused-ring (bicyclic) bond motifs is 1. The zero-order valence-corrected chi connectivity index (χ0v) is 21.1. The second-order valence-electron chi connectivity index (χ2n) is 9.35. The Labute approximate surface area is 211 Å². The number of ether oxygens (including phenoxy) is 3. The van der Waals surface area contributed by atoms with Gasteiger partial charge in [-0.25, -0.2) is 0 Å². The quantitative estimate of drug-likeness (QED) is 0.188. The van der Waals surface area contributed by atoms with Crippen molar-refractivity contribution in [2.24, 2.45) is 0 Å². The van der Waals surface area contributed by atoms with Crippen LogP contribution in [0.1, 0.15) is 56.2 Å². The number of esters is 1. The highest BCUT2D eigenvalue weighted by molar-refractivity contribution is 7.19. The molecule has 0 radical (unpaired) electrons. The third-order valence-corrected chi connectivity index (χ3v) is 8.01. The first-order valence-corrected chi connectivity index (χ1v) is 13.5. The molecular weight excluding hydrogens is 458 g/mol. The van der Waals surface area contributed by atoms with Gasteiger partial charge in [-0.3, -0.25) is 9.69 Å². The molecule has 184 valence electrons. The van der Waals surface area contributed by atoms with Crippen LogP contribution in [0, 0.1) is 0 Å². The molecule has 1 fully saturated rings. The fourth-order valence-corrected chi connectivity index (χ4v) is 6.21. The molecule has 35 heavy (non-hydrogen) atoms. The minimum absolute atomic E-state index is 0.312. The summed E-state index contributed by atoms with van der Waals surface area (Å²) in [6, 6.07) is 13.7. The van der Waals surface area contributed by atoms with Gasteiger partial charge in [0.25, 0.3) is 0 Å². The second kappa shape index (κ2) is 11.3. The number of piperidine rings is 1. The average molecular weight is 492 g/mol. The molecule has 1 atom stereocenters. The summed E-state index contributed by atoms with van der Waals surface area (Å²) in [7, 11) is 0. The highest BCUT2D eigenvalue weighted by Gasteiger charge is 2.23. The van der Waals surface area contributed by atoms with Crippen LogP contribution in [-0.4, -0.2) is 37.1 Å². The Morgan fingerprint density at radius 1 is 1.00 bits per heavy atom. The monoisotopic (exact) mass is 491 g/mol. The number of allylic oxidation sites excluding steroid dienone is 2. The predicted molar refractivity (Wildman–Crippen MR) is 141 cm³/mol. The molecule has 5 rings (SSSR count). The van der Waals surface area contributed by atoms with Gasteiger partial charge in [-0.1, -0.05) is 18.6 Å². The van der Waals surface area contributed by atoms with E-state index in [1.807, 2.05) is 42.5 Å². The van der Waals surface area contributed by atoms with Gasteiger partial charge in [0.05, 0.1) is 4.88 Å². The van der Waals surface area contributed by atoms with Crippen molar-refractivity contribution in [2.75, 3.05) is 26.2 Å². The largest absolute Gasteiger partial charge is 0.492 e. The maximum atomic E-state index is 11.4. The molecule has 1 aliphatic carbocycles. The van der Waals surface area contributed by atoms with Crippen molar-refractivity contribution in [1.82, 2.24) is 4.90 Å². The molecule has 1 aromatic heterocycles. The van der Waals surface area contributed by atoms with Crippen LogP contribution in [0.15, 0.2) is 54.6 Å². The minimum atomic E-state index is -0.312. The van der Waals surface area contributed by atoms with E-state index in [0.717, 1.165) is 53.1 Å². The Kier molecular flexibility index (Phi) is 7.69. The van der Waals surface area contributed by atoms with Crippen molar-refractivity contribution in [2.45, 2.75) is 51.4 Å². The molecule has 5 nitrogen and oxygen atoms in total. The Balaban J connectivity index is 1.32. The third-order valence-electron chi connectivity index (χ3n) is 6.71. The Hall–Kier alpha value is -2.83. The van der Waals surface area contributed by atoms with Gasteiger partial charge in [0.2, 0.25) is 0 Å². The van der Waals surface area contributed by atoms with Gasteiger partial charge in [-0.2, -0.15) is 0 Å². The molecule has 1 saturated heterocycles. The number of hydrogen-bond donors (Lipinski definition) is 0. The number of nitrogens with zero attached hydrogens (tertiary/aromatic N) is 1. The van der Waals surface area contributed by atoms with Crippen molar-refractivity contribution in [3.05, 3.63) is 59.5 Å². The Morgan fingerprint density at radius 3 is 2.51 bits per heavy atom. The lowest BCUT2D eigenvalue weighted by atomic mass is 9.92. The van der Waals surface area contributed by atoms with E-state index >= 15 is 0 Å². The molecule has 1 unspecified atom stereocenters. The maximum Gasteiger partial charge on any atom is 0.308 e. The van der Waals surface area contributed by atoms with E-state index in [1.54, 1.807) is 11.3 Å². The summed E-state index contributed by atoms with van der Waals surface area (Å²) in [4.78, 5) is 15.2. The number of rotatable bonds is 8. The fraction of sp³-hybridized carbons (Fsp3) is 0.414. The minimum Gasteiger partial charge on any atom is -0.492 e. The van der Waals surface area contributed by atoms with Gasteiger partial charge in [-0.15, -0.1) is 11.3 Å². The number of benzene rings is 2. The van der Waals surface area contributed by atoms with Gasteiger partial charge < -0.3 is 14.2 Å². The van der Waals surface area contributed by atoms with Gasteiger partial charge in [0, 0.05) is 29.5 Å². The lowest BCUT2D eigenvalue weighted by Gasteiger charge is -2.26. The second-order valence-corrected chi connectivity index (χ2v) is 10.4. The molecular formula is C29H33NO4S. The van der Waals surface area contributed by atoms with Crippen LogP contribution < -0.4 is 14.2 Å². The molecule has 0 N–H and O–H groups in total. The van der Waals surface area contributed by atoms with Crippen LogP contribution in [0.3, 0.4) is 0 Å². The summed E-state index contributed by atoms with van der Waals surface area (Å²) < 4.78 is 18.9. The molecule has 3 aromatic rings. The summed E-state index contributed by atoms with van der Waals surface area (Å²) in [6.45, 7) is 5.49. The van der Waals surface area contributed by atoms with Crippen molar-refractivity contribution >= 4 is 27.4 Å². The molecule has 2 aliphatic rings. The highest BCUT2D eigenvalue weighted by atomic mass is 32.1. The first-order valence-electron chi connectivity index (χ1n) is 12.7. The summed E-state index contributed by atoms with van der Waals surface area (Å²) in [5, 5.41) is 1.05. The summed E-state index contributed by atoms with van der Waals surface area (Å²) >= 11 is 1.74. The van der Waals surface area contributed by atoms with Crippen molar-refractivity contribution < 1.29 is 19.0 Å². The number of likely N-dealkylation sites (tertiary alicyclic amines) is 1. The van der Waals surface area contributed by atoms with E-state index in [0.29, 0.717) is 18.3 Å². The van der Waals surface area contributed by atoms with E-state index in [1.165, 1.54) is 44.2 Å². The SMILES string of the molecule is CC(=O)Oc1ccc2c(Oc3ccc(OCCN4CCCCC4)cc3)c(C3CC=CCC3)sc2c1. The predicted octanol–water partition coefficient (Wildman–Crippen LogP) is 7.31. The molecule has 6 heteroatoms. The molecule has 0 amide bonds. The lowest BCUT2D eigenvalue weighted by molar-refractivity contribution is -0.131. The van der Waals surface area contributed by atoms with Gasteiger partial charge >= 0.3 is 5.97 Å². The first-order chi connectivity index (χ1) is 17.2. The third kappa shape index (κ3) is 6.06. The standard InChI is InChI=1S/C29H33NO4S/c1-21(31)33-25-14-15-26-27(20-25)35-29(22-8-4-2-5-9-22)28(26)34-24-12-10-23(11-13-24)32-19-18-30-16-6-3-7-17-30/h2,4,10-15,20,22H,3,5-9,16-19H2,1H3. The van der Waals surface area contributed by atoms with Crippen LogP contribution in [0.5, 0.6) is 23.0 Å². The van der Waals surface area contributed by atoms with E-state index < -0.39 is 0 Å². The van der Waals surface area contributed by atoms with Gasteiger partial charge in [0.15, 0.2) is 0 Å². The van der Waals surface area contributed by atoms with E-state index in [-0.39, 0.29) is 5.97 Å². The molecule has 0 bridgehead atoms. The van der Waals surface area contributed by atoms with Gasteiger partial charge in [-0.05, 0) is 87.7 Å². The molecule has 2 heterocycles. The van der Waals surface area contributed by atoms with Crippen LogP contribution >= 0.6 is 11.3 Å². The summed E-state index contributed by atoms with van der Waals surface area (Å²) in [6.07, 6.45) is 11.7. The molecule has 1 aliphatic heterocycles. The summed E-state index contributed by atoms with van der Waals surface area (Å²) in [5.41, 5.74) is 0. The lowest BCUT2D eigenvalue weighted by Crippen LogP contribution is -2.33. The zero-order chi connectivity index (χ0) is 24.0. The topological polar surface area (TPSA) is 48.0 Å². The Morgan fingerprint density at radius 2 is 1.77 bits per heavy atom.